The molecule has 2 fully saturated rings. The van der Waals surface area contributed by atoms with Crippen LogP contribution in [0.25, 0.3) is 0 Å². The number of nitrogens with one attached hydrogen (secondary N) is 1. The van der Waals surface area contributed by atoms with E-state index in [-0.39, 0.29) is 0 Å². The summed E-state index contributed by atoms with van der Waals surface area (Å²) < 4.78 is 0. The third kappa shape index (κ3) is 3.47. The van der Waals surface area contributed by atoms with E-state index in [1.165, 1.54) is 64.2 Å². The Morgan fingerprint density at radius 2 is 1.12 bits per heavy atom. The molecule has 0 amide bonds. The number of rotatable bonds is 4. The number of hydrogen-bond acceptors (Lipinski definition) is 1. The van der Waals surface area contributed by atoms with E-state index in [9.17, 15) is 0 Å². The summed E-state index contributed by atoms with van der Waals surface area (Å²) in [6.07, 6.45) is 14.4. The maximum atomic E-state index is 4.06. The predicted octanol–water partition coefficient (Wildman–Crippen LogP) is 4.51. The van der Waals surface area contributed by atoms with Gasteiger partial charge >= 0.3 is 0 Å². The van der Waals surface area contributed by atoms with Crippen LogP contribution in [0.4, 0.5) is 0 Å². The van der Waals surface area contributed by atoms with Gasteiger partial charge < -0.3 is 5.32 Å². The summed E-state index contributed by atoms with van der Waals surface area (Å²) in [4.78, 5) is 0. The minimum Gasteiger partial charge on any atom is -0.311 e. The van der Waals surface area contributed by atoms with Gasteiger partial charge in [0, 0.05) is 12.1 Å². The summed E-state index contributed by atoms with van der Waals surface area (Å²) in [5.41, 5.74) is 0. The first-order valence-electron chi connectivity index (χ1n) is 8.11. The van der Waals surface area contributed by atoms with Gasteiger partial charge in [0.25, 0.3) is 0 Å². The predicted molar refractivity (Wildman–Crippen MR) is 75.2 cm³/mol. The summed E-state index contributed by atoms with van der Waals surface area (Å²) >= 11 is 0. The summed E-state index contributed by atoms with van der Waals surface area (Å²) in [6, 6.07) is 1.68. The fraction of sp³-hybridized carbons (Fsp3) is 1.00. The Balaban J connectivity index is 1.88. The molecule has 0 unspecified atom stereocenters. The zero-order valence-corrected chi connectivity index (χ0v) is 11.9. The van der Waals surface area contributed by atoms with E-state index in [0.717, 1.165) is 23.9 Å². The summed E-state index contributed by atoms with van der Waals surface area (Å²) in [5.74, 6) is 1.92. The quantitative estimate of drug-likeness (QED) is 0.758. The molecule has 0 bridgehead atoms. The van der Waals surface area contributed by atoms with Crippen LogP contribution in [0.2, 0.25) is 0 Å². The highest BCUT2D eigenvalue weighted by Crippen LogP contribution is 2.31. The standard InChI is InChI=1S/C16H31N/c1-3-13-9-5-7-11-15(13)17-16-12-8-6-10-14(16)4-2/h13-17H,3-12H2,1-2H3/t13-,14+,15-,16-/m1/s1. The van der Waals surface area contributed by atoms with Crippen LogP contribution in [0.3, 0.4) is 0 Å². The highest BCUT2D eigenvalue weighted by atomic mass is 15.0. The SMILES string of the molecule is CC[C@@H]1CCCC[C@H]1N[C@@H]1CCCC[C@@H]1CC. The topological polar surface area (TPSA) is 12.0 Å². The molecular formula is C16H31N. The van der Waals surface area contributed by atoms with Gasteiger partial charge in [-0.15, -0.1) is 0 Å². The molecule has 1 heteroatoms. The molecule has 1 nitrogen and oxygen atoms in total. The van der Waals surface area contributed by atoms with Crippen molar-refractivity contribution in [2.45, 2.75) is 90.1 Å². The Labute approximate surface area is 108 Å². The van der Waals surface area contributed by atoms with Crippen molar-refractivity contribution in [2.24, 2.45) is 11.8 Å². The Morgan fingerprint density at radius 3 is 1.53 bits per heavy atom. The molecule has 2 rings (SSSR count). The van der Waals surface area contributed by atoms with E-state index >= 15 is 0 Å². The van der Waals surface area contributed by atoms with Gasteiger partial charge in [0.15, 0.2) is 0 Å². The maximum absolute atomic E-state index is 4.06. The Bertz CT molecular complexity index is 192. The van der Waals surface area contributed by atoms with Crippen molar-refractivity contribution in [2.75, 3.05) is 0 Å². The minimum atomic E-state index is 0.839. The monoisotopic (exact) mass is 237 g/mol. The van der Waals surface area contributed by atoms with Crippen molar-refractivity contribution in [1.82, 2.24) is 5.32 Å². The zero-order chi connectivity index (χ0) is 12.1. The first-order valence-corrected chi connectivity index (χ1v) is 8.11. The van der Waals surface area contributed by atoms with Gasteiger partial charge in [-0.3, -0.25) is 0 Å². The zero-order valence-electron chi connectivity index (χ0n) is 11.9. The Hall–Kier alpha value is -0.0400. The van der Waals surface area contributed by atoms with E-state index in [1.54, 1.807) is 0 Å². The van der Waals surface area contributed by atoms with E-state index in [1.807, 2.05) is 0 Å². The fourth-order valence-electron chi connectivity index (χ4n) is 4.11. The minimum absolute atomic E-state index is 0.839. The normalized spacial score (nSPS) is 39.2. The molecule has 2 saturated carbocycles. The second kappa shape index (κ2) is 6.78. The van der Waals surface area contributed by atoms with Crippen molar-refractivity contribution in [3.8, 4) is 0 Å². The van der Waals surface area contributed by atoms with Crippen LogP contribution in [0, 0.1) is 11.8 Å². The average Bonchev–Trinajstić information content (AvgIpc) is 2.40. The van der Waals surface area contributed by atoms with Crippen LogP contribution in [-0.2, 0) is 0 Å². The third-order valence-electron chi connectivity index (χ3n) is 5.30. The molecule has 2 aliphatic carbocycles. The highest BCUT2D eigenvalue weighted by molar-refractivity contribution is 4.87. The molecular weight excluding hydrogens is 206 g/mol. The van der Waals surface area contributed by atoms with E-state index in [0.29, 0.717) is 0 Å². The highest BCUT2D eigenvalue weighted by Gasteiger charge is 2.29. The molecule has 4 atom stereocenters. The first-order chi connectivity index (χ1) is 8.35. The lowest BCUT2D eigenvalue weighted by molar-refractivity contribution is 0.179. The molecule has 0 aromatic rings. The van der Waals surface area contributed by atoms with Crippen LogP contribution >= 0.6 is 0 Å². The van der Waals surface area contributed by atoms with Crippen molar-refractivity contribution in [1.29, 1.82) is 0 Å². The van der Waals surface area contributed by atoms with Crippen molar-refractivity contribution >= 4 is 0 Å². The molecule has 0 aromatic carbocycles. The van der Waals surface area contributed by atoms with Crippen LogP contribution < -0.4 is 5.32 Å². The molecule has 0 radical (unpaired) electrons. The van der Waals surface area contributed by atoms with Crippen molar-refractivity contribution < 1.29 is 0 Å². The van der Waals surface area contributed by atoms with Crippen molar-refractivity contribution in [3.05, 3.63) is 0 Å². The van der Waals surface area contributed by atoms with Gasteiger partial charge in [0.05, 0.1) is 0 Å². The lowest BCUT2D eigenvalue weighted by Crippen LogP contribution is -2.48. The molecule has 100 valence electrons. The molecule has 2 aliphatic rings. The fourth-order valence-corrected chi connectivity index (χ4v) is 4.11. The molecule has 0 saturated heterocycles. The first kappa shape index (κ1) is 13.4. The molecule has 0 aromatic heterocycles. The molecule has 17 heavy (non-hydrogen) atoms. The van der Waals surface area contributed by atoms with Crippen molar-refractivity contribution in [3.63, 3.8) is 0 Å². The Morgan fingerprint density at radius 1 is 0.706 bits per heavy atom. The van der Waals surface area contributed by atoms with Gasteiger partial charge in [0.2, 0.25) is 0 Å². The Kier molecular flexibility index (Phi) is 5.34. The second-order valence-electron chi connectivity index (χ2n) is 6.29. The second-order valence-corrected chi connectivity index (χ2v) is 6.29. The molecule has 0 heterocycles. The van der Waals surface area contributed by atoms with Crippen LogP contribution in [-0.4, -0.2) is 12.1 Å². The van der Waals surface area contributed by atoms with Gasteiger partial charge in [-0.25, -0.2) is 0 Å². The summed E-state index contributed by atoms with van der Waals surface area (Å²) in [7, 11) is 0. The van der Waals surface area contributed by atoms with Gasteiger partial charge in [-0.1, -0.05) is 52.4 Å². The maximum Gasteiger partial charge on any atom is 0.00979 e. The smallest absolute Gasteiger partial charge is 0.00979 e. The van der Waals surface area contributed by atoms with Crippen LogP contribution in [0.1, 0.15) is 78.1 Å². The number of hydrogen-bond donors (Lipinski definition) is 1. The molecule has 0 aliphatic heterocycles. The van der Waals surface area contributed by atoms with Gasteiger partial charge in [-0.05, 0) is 37.5 Å². The van der Waals surface area contributed by atoms with E-state index < -0.39 is 0 Å². The largest absolute Gasteiger partial charge is 0.311 e. The molecule has 1 N–H and O–H groups in total. The van der Waals surface area contributed by atoms with Crippen LogP contribution in [0.5, 0.6) is 0 Å². The van der Waals surface area contributed by atoms with E-state index in [2.05, 4.69) is 19.2 Å². The summed E-state index contributed by atoms with van der Waals surface area (Å²) in [6.45, 7) is 4.76. The van der Waals surface area contributed by atoms with Crippen LogP contribution in [0.15, 0.2) is 0 Å². The van der Waals surface area contributed by atoms with Gasteiger partial charge in [-0.2, -0.15) is 0 Å². The lowest BCUT2D eigenvalue weighted by atomic mass is 9.79. The summed E-state index contributed by atoms with van der Waals surface area (Å²) in [5, 5.41) is 4.06. The van der Waals surface area contributed by atoms with Gasteiger partial charge in [0.1, 0.15) is 0 Å². The third-order valence-corrected chi connectivity index (χ3v) is 5.30. The lowest BCUT2D eigenvalue weighted by Gasteiger charge is -2.39. The molecule has 0 spiro atoms. The van der Waals surface area contributed by atoms with E-state index in [4.69, 9.17) is 0 Å². The average molecular weight is 237 g/mol.